The highest BCUT2D eigenvalue weighted by molar-refractivity contribution is 7.80. The molecule has 0 aromatic rings. The lowest BCUT2D eigenvalue weighted by molar-refractivity contribution is -0.118. The minimum Gasteiger partial charge on any atom is -0.393 e. The first-order chi connectivity index (χ1) is 7.06. The van der Waals surface area contributed by atoms with Crippen LogP contribution in [-0.4, -0.2) is 49.1 Å². The minimum atomic E-state index is -0.298. The van der Waals surface area contributed by atoms with Crippen LogP contribution in [0.15, 0.2) is 0 Å². The normalized spacial score (nSPS) is 10.5. The summed E-state index contributed by atoms with van der Waals surface area (Å²) in [5.41, 5.74) is 10.5. The number of thiocarbonyl (C=S) groups is 1. The maximum Gasteiger partial charge on any atom is 0.218 e. The molecule has 0 bridgehead atoms. The van der Waals surface area contributed by atoms with Gasteiger partial charge in [-0.05, 0) is 0 Å². The topological polar surface area (TPSA) is 81.6 Å². The van der Waals surface area contributed by atoms with E-state index in [4.69, 9.17) is 28.4 Å². The zero-order valence-corrected chi connectivity index (χ0v) is 9.89. The third kappa shape index (κ3) is 9.58. The lowest BCUT2D eigenvalue weighted by atomic mass is 10.3. The van der Waals surface area contributed by atoms with Crippen molar-refractivity contribution in [2.24, 2.45) is 11.5 Å². The van der Waals surface area contributed by atoms with E-state index in [2.05, 4.69) is 4.90 Å². The summed E-state index contributed by atoms with van der Waals surface area (Å²) in [7, 11) is 1.64. The van der Waals surface area contributed by atoms with Gasteiger partial charge in [0.2, 0.25) is 5.91 Å². The number of primary amides is 1. The van der Waals surface area contributed by atoms with Crippen LogP contribution in [0, 0.1) is 0 Å². The molecule has 0 saturated heterocycles. The Hall–Kier alpha value is -0.720. The van der Waals surface area contributed by atoms with Crippen LogP contribution in [0.5, 0.6) is 0 Å². The fourth-order valence-electron chi connectivity index (χ4n) is 1.09. The first kappa shape index (κ1) is 14.3. The summed E-state index contributed by atoms with van der Waals surface area (Å²) < 4.78 is 4.96. The van der Waals surface area contributed by atoms with E-state index in [1.54, 1.807) is 7.11 Å². The molecule has 4 N–H and O–H groups in total. The van der Waals surface area contributed by atoms with Crippen LogP contribution in [0.3, 0.4) is 0 Å². The van der Waals surface area contributed by atoms with Gasteiger partial charge in [-0.25, -0.2) is 0 Å². The van der Waals surface area contributed by atoms with Crippen molar-refractivity contribution in [3.63, 3.8) is 0 Å². The lowest BCUT2D eigenvalue weighted by Crippen LogP contribution is -2.33. The Kier molecular flexibility index (Phi) is 8.17. The molecule has 6 heteroatoms. The molecule has 0 aliphatic rings. The van der Waals surface area contributed by atoms with Crippen molar-refractivity contribution in [2.45, 2.75) is 12.8 Å². The number of carbonyl (C=O) groups is 1. The number of nitrogens with zero attached hydrogens (tertiary/aromatic N) is 1. The van der Waals surface area contributed by atoms with E-state index in [1.165, 1.54) is 0 Å². The van der Waals surface area contributed by atoms with Gasteiger partial charge >= 0.3 is 0 Å². The third-order valence-electron chi connectivity index (χ3n) is 1.96. The highest BCUT2D eigenvalue weighted by Crippen LogP contribution is 1.94. The predicted octanol–water partition coefficient (Wildman–Crippen LogP) is -0.514. The number of nitrogens with two attached hydrogens (primary N) is 2. The maximum absolute atomic E-state index is 10.6. The lowest BCUT2D eigenvalue weighted by Gasteiger charge is -2.20. The third-order valence-corrected chi connectivity index (χ3v) is 2.16. The molecule has 0 saturated carbocycles. The molecular weight excluding hydrogens is 214 g/mol. The molecule has 0 aromatic carbocycles. The van der Waals surface area contributed by atoms with Gasteiger partial charge in [-0.15, -0.1) is 0 Å². The van der Waals surface area contributed by atoms with Gasteiger partial charge in [-0.3, -0.25) is 4.79 Å². The van der Waals surface area contributed by atoms with E-state index in [9.17, 15) is 4.79 Å². The van der Waals surface area contributed by atoms with E-state index in [0.717, 1.165) is 13.1 Å². The summed E-state index contributed by atoms with van der Waals surface area (Å²) in [4.78, 5) is 13.2. The molecule has 0 rings (SSSR count). The summed E-state index contributed by atoms with van der Waals surface area (Å²) in [6.45, 7) is 2.75. The second kappa shape index (κ2) is 8.58. The molecule has 15 heavy (non-hydrogen) atoms. The molecule has 0 radical (unpaired) electrons. The van der Waals surface area contributed by atoms with Gasteiger partial charge in [0.25, 0.3) is 0 Å². The van der Waals surface area contributed by atoms with Gasteiger partial charge < -0.3 is 21.1 Å². The largest absolute Gasteiger partial charge is 0.393 e. The maximum atomic E-state index is 10.6. The molecule has 0 atom stereocenters. The summed E-state index contributed by atoms with van der Waals surface area (Å²) in [6.07, 6.45) is 0.999. The standard InChI is InChI=1S/C9H19N3O2S/c1-14-7-6-12(4-2-8(10)13)5-3-9(11)15/h2-7H2,1H3,(H2,10,13)(H2,11,15). The Morgan fingerprint density at radius 2 is 1.87 bits per heavy atom. The second-order valence-corrected chi connectivity index (χ2v) is 3.79. The Morgan fingerprint density at radius 1 is 1.27 bits per heavy atom. The van der Waals surface area contributed by atoms with E-state index in [1.807, 2.05) is 0 Å². The van der Waals surface area contributed by atoms with Crippen molar-refractivity contribution >= 4 is 23.1 Å². The molecule has 0 fully saturated rings. The number of amides is 1. The van der Waals surface area contributed by atoms with E-state index < -0.39 is 0 Å². The average Bonchev–Trinajstić information content (AvgIpc) is 2.16. The Balaban J connectivity index is 3.82. The zero-order valence-electron chi connectivity index (χ0n) is 9.07. The molecule has 0 aliphatic carbocycles. The fourth-order valence-corrected chi connectivity index (χ4v) is 1.18. The van der Waals surface area contributed by atoms with Crippen LogP contribution in [0.25, 0.3) is 0 Å². The van der Waals surface area contributed by atoms with Gasteiger partial charge in [0.1, 0.15) is 0 Å². The van der Waals surface area contributed by atoms with Crippen LogP contribution in [-0.2, 0) is 9.53 Å². The molecule has 5 nitrogen and oxygen atoms in total. The zero-order chi connectivity index (χ0) is 11.7. The summed E-state index contributed by atoms with van der Waals surface area (Å²) >= 11 is 4.79. The summed E-state index contributed by atoms with van der Waals surface area (Å²) in [6, 6.07) is 0. The highest BCUT2D eigenvalue weighted by Gasteiger charge is 2.06. The van der Waals surface area contributed by atoms with E-state index in [0.29, 0.717) is 31.0 Å². The Morgan fingerprint density at radius 3 is 2.33 bits per heavy atom. The van der Waals surface area contributed by atoms with Crippen molar-refractivity contribution in [3.05, 3.63) is 0 Å². The molecule has 0 aromatic heterocycles. The van der Waals surface area contributed by atoms with E-state index in [-0.39, 0.29) is 5.91 Å². The molecule has 0 unspecified atom stereocenters. The van der Waals surface area contributed by atoms with Gasteiger partial charge in [0.15, 0.2) is 0 Å². The van der Waals surface area contributed by atoms with Gasteiger partial charge in [-0.1, -0.05) is 12.2 Å². The van der Waals surface area contributed by atoms with Crippen molar-refractivity contribution in [2.75, 3.05) is 33.4 Å². The number of rotatable bonds is 9. The van der Waals surface area contributed by atoms with Crippen molar-refractivity contribution in [3.8, 4) is 0 Å². The smallest absolute Gasteiger partial charge is 0.218 e. The van der Waals surface area contributed by atoms with Gasteiger partial charge in [0.05, 0.1) is 11.6 Å². The molecule has 0 heterocycles. The SMILES string of the molecule is COCCN(CCC(N)=O)CCC(N)=S. The number of methoxy groups -OCH3 is 1. The molecular formula is C9H19N3O2S. The van der Waals surface area contributed by atoms with Crippen molar-refractivity contribution < 1.29 is 9.53 Å². The summed E-state index contributed by atoms with van der Waals surface area (Å²) in [5, 5.41) is 0. The first-order valence-electron chi connectivity index (χ1n) is 4.84. The Labute approximate surface area is 95.7 Å². The van der Waals surface area contributed by atoms with Gasteiger partial charge in [0, 0.05) is 39.6 Å². The fraction of sp³-hybridized carbons (Fsp3) is 0.778. The number of carbonyl (C=O) groups excluding carboxylic acids is 1. The minimum absolute atomic E-state index is 0.298. The molecule has 0 spiro atoms. The first-order valence-corrected chi connectivity index (χ1v) is 5.25. The molecule has 0 aliphatic heterocycles. The predicted molar refractivity (Wildman–Crippen MR) is 63.5 cm³/mol. The van der Waals surface area contributed by atoms with Crippen LogP contribution in [0.4, 0.5) is 0 Å². The van der Waals surface area contributed by atoms with Crippen LogP contribution >= 0.6 is 12.2 Å². The monoisotopic (exact) mass is 233 g/mol. The number of ether oxygens (including phenoxy) is 1. The van der Waals surface area contributed by atoms with Crippen LogP contribution < -0.4 is 11.5 Å². The number of hydrogen-bond acceptors (Lipinski definition) is 4. The van der Waals surface area contributed by atoms with E-state index >= 15 is 0 Å². The summed E-state index contributed by atoms with van der Waals surface area (Å²) in [5.74, 6) is -0.298. The van der Waals surface area contributed by atoms with Crippen LogP contribution in [0.2, 0.25) is 0 Å². The quantitative estimate of drug-likeness (QED) is 0.524. The van der Waals surface area contributed by atoms with Crippen molar-refractivity contribution in [1.82, 2.24) is 4.90 Å². The van der Waals surface area contributed by atoms with Gasteiger partial charge in [-0.2, -0.15) is 0 Å². The molecule has 88 valence electrons. The average molecular weight is 233 g/mol. The van der Waals surface area contributed by atoms with Crippen LogP contribution in [0.1, 0.15) is 12.8 Å². The number of hydrogen-bond donors (Lipinski definition) is 2. The second-order valence-electron chi connectivity index (χ2n) is 3.27. The van der Waals surface area contributed by atoms with Crippen molar-refractivity contribution in [1.29, 1.82) is 0 Å². The Bertz CT molecular complexity index is 194. The highest BCUT2D eigenvalue weighted by atomic mass is 32.1. The molecule has 1 amide bonds.